The summed E-state index contributed by atoms with van der Waals surface area (Å²) in [5, 5.41) is 0.839. The van der Waals surface area contributed by atoms with Gasteiger partial charge in [0, 0.05) is 10.5 Å². The third kappa shape index (κ3) is 1.88. The van der Waals surface area contributed by atoms with Crippen molar-refractivity contribution in [1.82, 2.24) is 9.55 Å². The molecule has 0 unspecified atom stereocenters. The molecular formula is C14H12BrN3S. The van der Waals surface area contributed by atoms with Crippen molar-refractivity contribution in [3.63, 3.8) is 0 Å². The summed E-state index contributed by atoms with van der Waals surface area (Å²) in [4.78, 5) is 5.96. The van der Waals surface area contributed by atoms with Gasteiger partial charge in [0.05, 0.1) is 20.9 Å². The summed E-state index contributed by atoms with van der Waals surface area (Å²) in [7, 11) is 0. The number of halogens is 1. The van der Waals surface area contributed by atoms with Gasteiger partial charge in [0.25, 0.3) is 0 Å². The summed E-state index contributed by atoms with van der Waals surface area (Å²) in [5.41, 5.74) is 8.11. The fraction of sp³-hybridized carbons (Fsp3) is 0.214. The largest absolute Gasteiger partial charge is 0.391 e. The Hall–Kier alpha value is -1.33. The normalized spacial score (nSPS) is 15.2. The fourth-order valence-corrected chi connectivity index (χ4v) is 3.53. The van der Waals surface area contributed by atoms with Crippen LogP contribution in [0.2, 0.25) is 0 Å². The summed E-state index contributed by atoms with van der Waals surface area (Å²) >= 11 is 5.11. The molecule has 1 saturated carbocycles. The van der Waals surface area contributed by atoms with Crippen molar-refractivity contribution >= 4 is 43.3 Å². The van der Waals surface area contributed by atoms with Crippen molar-refractivity contribution in [2.75, 3.05) is 5.73 Å². The van der Waals surface area contributed by atoms with Crippen molar-refractivity contribution in [2.45, 2.75) is 18.9 Å². The third-order valence-corrected chi connectivity index (χ3v) is 4.81. The van der Waals surface area contributed by atoms with E-state index < -0.39 is 0 Å². The van der Waals surface area contributed by atoms with Gasteiger partial charge in [-0.1, -0.05) is 15.9 Å². The van der Waals surface area contributed by atoms with E-state index in [0.717, 1.165) is 25.7 Å². The van der Waals surface area contributed by atoms with Gasteiger partial charge in [-0.3, -0.25) is 0 Å². The number of nitrogen functional groups attached to an aromatic ring is 1. The number of thiophene rings is 1. The van der Waals surface area contributed by atoms with Gasteiger partial charge < -0.3 is 10.3 Å². The van der Waals surface area contributed by atoms with Gasteiger partial charge in [0.2, 0.25) is 0 Å². The molecule has 0 aliphatic heterocycles. The number of nitrogens with two attached hydrogens (primary N) is 1. The number of hydrogen-bond acceptors (Lipinski definition) is 3. The van der Waals surface area contributed by atoms with Crippen LogP contribution in [0.1, 0.15) is 18.9 Å². The number of fused-ring (bicyclic) bond motifs is 1. The van der Waals surface area contributed by atoms with E-state index in [0.29, 0.717) is 6.04 Å². The van der Waals surface area contributed by atoms with E-state index in [2.05, 4.69) is 44.8 Å². The second-order valence-corrected chi connectivity index (χ2v) is 6.90. The number of hydrogen-bond donors (Lipinski definition) is 1. The molecule has 0 bridgehead atoms. The van der Waals surface area contributed by atoms with Crippen molar-refractivity contribution < 1.29 is 0 Å². The Morgan fingerprint density at radius 1 is 1.26 bits per heavy atom. The van der Waals surface area contributed by atoms with Crippen LogP contribution < -0.4 is 5.73 Å². The highest BCUT2D eigenvalue weighted by Gasteiger charge is 2.29. The van der Waals surface area contributed by atoms with Crippen molar-refractivity contribution in [1.29, 1.82) is 0 Å². The number of benzene rings is 1. The lowest BCUT2D eigenvalue weighted by Gasteiger charge is -2.05. The molecule has 3 nitrogen and oxygen atoms in total. The predicted octanol–water partition coefficient (Wildman–Crippen LogP) is 4.44. The molecule has 1 fully saturated rings. The highest BCUT2D eigenvalue weighted by Crippen LogP contribution is 2.43. The smallest absolute Gasteiger partial charge is 0.151 e. The van der Waals surface area contributed by atoms with E-state index in [-0.39, 0.29) is 0 Å². The highest BCUT2D eigenvalue weighted by molar-refractivity contribution is 9.10. The van der Waals surface area contributed by atoms with Crippen LogP contribution in [0.5, 0.6) is 0 Å². The molecule has 2 aromatic heterocycles. The van der Waals surface area contributed by atoms with E-state index in [9.17, 15) is 0 Å². The SMILES string of the molecule is Nc1ccc(-c2nc3cc(Br)ccc3n2C2CC2)s1. The van der Waals surface area contributed by atoms with Crippen molar-refractivity contribution in [3.8, 4) is 10.7 Å². The van der Waals surface area contributed by atoms with Crippen LogP contribution in [0.25, 0.3) is 21.7 Å². The summed E-state index contributed by atoms with van der Waals surface area (Å²) in [5.74, 6) is 1.05. The topological polar surface area (TPSA) is 43.8 Å². The molecule has 0 amide bonds. The van der Waals surface area contributed by atoms with Crippen LogP contribution in [-0.2, 0) is 0 Å². The average molecular weight is 334 g/mol. The molecule has 96 valence electrons. The van der Waals surface area contributed by atoms with Crippen LogP contribution in [0.3, 0.4) is 0 Å². The van der Waals surface area contributed by atoms with Crippen molar-refractivity contribution in [2.24, 2.45) is 0 Å². The summed E-state index contributed by atoms with van der Waals surface area (Å²) in [6.45, 7) is 0. The number of nitrogens with zero attached hydrogens (tertiary/aromatic N) is 2. The van der Waals surface area contributed by atoms with E-state index >= 15 is 0 Å². The van der Waals surface area contributed by atoms with Crippen LogP contribution >= 0.6 is 27.3 Å². The van der Waals surface area contributed by atoms with Gasteiger partial charge in [-0.15, -0.1) is 11.3 Å². The lowest BCUT2D eigenvalue weighted by Crippen LogP contribution is -1.95. The molecule has 1 aliphatic carbocycles. The first-order valence-corrected chi connectivity index (χ1v) is 7.86. The van der Waals surface area contributed by atoms with Crippen LogP contribution in [0, 0.1) is 0 Å². The average Bonchev–Trinajstić information content (AvgIpc) is 3.02. The molecule has 19 heavy (non-hydrogen) atoms. The van der Waals surface area contributed by atoms with Gasteiger partial charge in [-0.05, 0) is 43.2 Å². The molecule has 5 heteroatoms. The zero-order chi connectivity index (χ0) is 13.0. The summed E-state index contributed by atoms with van der Waals surface area (Å²) in [6, 6.07) is 10.9. The van der Waals surface area contributed by atoms with Gasteiger partial charge in [0.1, 0.15) is 0 Å². The van der Waals surface area contributed by atoms with Gasteiger partial charge in [-0.25, -0.2) is 4.98 Å². The first kappa shape index (κ1) is 11.5. The zero-order valence-corrected chi connectivity index (χ0v) is 12.5. The molecule has 0 saturated heterocycles. The van der Waals surface area contributed by atoms with Crippen LogP contribution in [0.4, 0.5) is 5.00 Å². The molecule has 1 aliphatic rings. The number of aromatic nitrogens is 2. The van der Waals surface area contributed by atoms with Gasteiger partial charge >= 0.3 is 0 Å². The Balaban J connectivity index is 2.01. The number of imidazole rings is 1. The van der Waals surface area contributed by atoms with Gasteiger partial charge in [-0.2, -0.15) is 0 Å². The lowest BCUT2D eigenvalue weighted by molar-refractivity contribution is 0.777. The zero-order valence-electron chi connectivity index (χ0n) is 10.1. The molecular weight excluding hydrogens is 322 g/mol. The predicted molar refractivity (Wildman–Crippen MR) is 83.4 cm³/mol. The Labute approximate surface area is 123 Å². The summed E-state index contributed by atoms with van der Waals surface area (Å²) < 4.78 is 3.44. The Kier molecular flexibility index (Phi) is 2.47. The molecule has 2 N–H and O–H groups in total. The van der Waals surface area contributed by atoms with E-state index in [1.807, 2.05) is 6.07 Å². The van der Waals surface area contributed by atoms with E-state index in [4.69, 9.17) is 10.7 Å². The third-order valence-electron chi connectivity index (χ3n) is 3.41. The molecule has 0 spiro atoms. The Morgan fingerprint density at radius 2 is 2.11 bits per heavy atom. The highest BCUT2D eigenvalue weighted by atomic mass is 79.9. The first-order chi connectivity index (χ1) is 9.22. The maximum absolute atomic E-state index is 5.85. The second kappa shape index (κ2) is 4.08. The van der Waals surface area contributed by atoms with Crippen LogP contribution in [-0.4, -0.2) is 9.55 Å². The minimum absolute atomic E-state index is 0.601. The first-order valence-electron chi connectivity index (χ1n) is 6.25. The Bertz CT molecular complexity index is 770. The minimum atomic E-state index is 0.601. The van der Waals surface area contributed by atoms with Crippen LogP contribution in [0.15, 0.2) is 34.8 Å². The standard InChI is InChI=1S/C14H12BrN3S/c15-8-1-4-11-10(7-8)17-14(18(11)9-2-3-9)12-5-6-13(16)19-12/h1,4-7,9H,2-3,16H2. The van der Waals surface area contributed by atoms with Gasteiger partial charge in [0.15, 0.2) is 5.82 Å². The molecule has 0 radical (unpaired) electrons. The number of rotatable bonds is 2. The molecule has 0 atom stereocenters. The molecule has 2 heterocycles. The van der Waals surface area contributed by atoms with E-state index in [1.54, 1.807) is 11.3 Å². The molecule has 4 rings (SSSR count). The minimum Gasteiger partial charge on any atom is -0.391 e. The monoisotopic (exact) mass is 333 g/mol. The van der Waals surface area contributed by atoms with Crippen molar-refractivity contribution in [3.05, 3.63) is 34.8 Å². The molecule has 3 aromatic rings. The summed E-state index contributed by atoms with van der Waals surface area (Å²) in [6.07, 6.45) is 2.49. The quantitative estimate of drug-likeness (QED) is 0.753. The number of anilines is 1. The maximum atomic E-state index is 5.85. The molecule has 1 aromatic carbocycles. The second-order valence-electron chi connectivity index (χ2n) is 4.87. The fourth-order valence-electron chi connectivity index (χ4n) is 2.42. The van der Waals surface area contributed by atoms with E-state index in [1.165, 1.54) is 18.4 Å². The lowest BCUT2D eigenvalue weighted by atomic mass is 10.3. The maximum Gasteiger partial charge on any atom is 0.151 e. The Morgan fingerprint density at radius 3 is 2.79 bits per heavy atom.